The van der Waals surface area contributed by atoms with Crippen LogP contribution in [-0.2, 0) is 0 Å². The van der Waals surface area contributed by atoms with Crippen LogP contribution in [0.15, 0.2) is 12.3 Å². The van der Waals surface area contributed by atoms with Gasteiger partial charge in [-0.2, -0.15) is 0 Å². The first-order valence-electron chi connectivity index (χ1n) is 6.84. The lowest BCUT2D eigenvalue weighted by molar-refractivity contribution is 0.1000. The van der Waals surface area contributed by atoms with Crippen molar-refractivity contribution < 1.29 is 4.79 Å². The van der Waals surface area contributed by atoms with E-state index in [1.165, 1.54) is 0 Å². The number of pyridine rings is 1. The van der Waals surface area contributed by atoms with E-state index in [-0.39, 0.29) is 0 Å². The van der Waals surface area contributed by atoms with Crippen LogP contribution in [-0.4, -0.2) is 30.5 Å². The molecule has 0 atom stereocenters. The number of anilines is 1. The zero-order chi connectivity index (χ0) is 13.8. The normalized spacial score (nSPS) is 16.6. The van der Waals surface area contributed by atoms with Crippen LogP contribution in [0.4, 0.5) is 5.82 Å². The van der Waals surface area contributed by atoms with Gasteiger partial charge in [0.1, 0.15) is 5.82 Å². The number of nitrogens with zero attached hydrogens (tertiary/aromatic N) is 2. The van der Waals surface area contributed by atoms with Crippen molar-refractivity contribution in [3.63, 3.8) is 0 Å². The van der Waals surface area contributed by atoms with Crippen LogP contribution in [0.5, 0.6) is 0 Å². The largest absolute Gasteiger partial charge is 0.365 e. The highest BCUT2D eigenvalue weighted by Crippen LogP contribution is 2.27. The number of amides is 1. The van der Waals surface area contributed by atoms with Crippen molar-refractivity contribution in [1.82, 2.24) is 4.98 Å². The van der Waals surface area contributed by atoms with Crippen molar-refractivity contribution >= 4 is 11.7 Å². The Hall–Kier alpha value is -1.62. The fraction of sp³-hybridized carbons (Fsp3) is 0.571. The number of nitrogens with two attached hydrogens (primary N) is 2. The maximum Gasteiger partial charge on any atom is 0.252 e. The molecule has 2 heterocycles. The van der Waals surface area contributed by atoms with Gasteiger partial charge in [-0.3, -0.25) is 4.79 Å². The van der Waals surface area contributed by atoms with Crippen LogP contribution in [0.25, 0.3) is 0 Å². The van der Waals surface area contributed by atoms with E-state index in [4.69, 9.17) is 11.5 Å². The molecule has 1 aromatic rings. The molecule has 0 aromatic carbocycles. The Morgan fingerprint density at radius 1 is 1.47 bits per heavy atom. The number of hydrogen-bond donors (Lipinski definition) is 2. The second-order valence-corrected chi connectivity index (χ2v) is 5.20. The molecule has 1 saturated heterocycles. The van der Waals surface area contributed by atoms with Crippen molar-refractivity contribution in [2.24, 2.45) is 17.4 Å². The van der Waals surface area contributed by atoms with Gasteiger partial charge in [0.05, 0.1) is 5.56 Å². The summed E-state index contributed by atoms with van der Waals surface area (Å²) in [6.45, 7) is 4.48. The second kappa shape index (κ2) is 6.02. The topological polar surface area (TPSA) is 85.2 Å². The van der Waals surface area contributed by atoms with Gasteiger partial charge >= 0.3 is 0 Å². The molecule has 5 nitrogen and oxygen atoms in total. The number of rotatable bonds is 4. The Balaban J connectivity index is 2.15. The van der Waals surface area contributed by atoms with Crippen LogP contribution >= 0.6 is 0 Å². The van der Waals surface area contributed by atoms with E-state index in [2.05, 4.69) is 9.88 Å². The van der Waals surface area contributed by atoms with E-state index < -0.39 is 5.91 Å². The van der Waals surface area contributed by atoms with Crippen molar-refractivity contribution in [2.45, 2.75) is 26.2 Å². The zero-order valence-electron chi connectivity index (χ0n) is 11.4. The lowest BCUT2D eigenvalue weighted by Gasteiger charge is -2.33. The van der Waals surface area contributed by atoms with E-state index in [9.17, 15) is 4.79 Å². The summed E-state index contributed by atoms with van der Waals surface area (Å²) in [4.78, 5) is 18.1. The molecule has 19 heavy (non-hydrogen) atoms. The van der Waals surface area contributed by atoms with Crippen LogP contribution in [0.1, 0.15) is 35.2 Å². The summed E-state index contributed by atoms with van der Waals surface area (Å²) in [5, 5.41) is 0. The first kappa shape index (κ1) is 13.8. The van der Waals surface area contributed by atoms with Gasteiger partial charge in [0.15, 0.2) is 0 Å². The van der Waals surface area contributed by atoms with E-state index in [0.29, 0.717) is 11.5 Å². The van der Waals surface area contributed by atoms with Crippen molar-refractivity contribution in [3.05, 3.63) is 23.4 Å². The number of piperidine rings is 1. The summed E-state index contributed by atoms with van der Waals surface area (Å²) in [7, 11) is 0. The molecular formula is C14H22N4O. The Labute approximate surface area is 114 Å². The molecule has 4 N–H and O–H groups in total. The molecule has 0 spiro atoms. The van der Waals surface area contributed by atoms with Crippen molar-refractivity contribution in [3.8, 4) is 0 Å². The SMILES string of the molecule is Cc1ccnc(N2CCC(CCN)CC2)c1C(N)=O. The lowest BCUT2D eigenvalue weighted by Crippen LogP contribution is -2.36. The van der Waals surface area contributed by atoms with Gasteiger partial charge in [0, 0.05) is 19.3 Å². The molecule has 0 radical (unpaired) electrons. The molecule has 0 aliphatic carbocycles. The lowest BCUT2D eigenvalue weighted by atomic mass is 9.93. The number of hydrogen-bond acceptors (Lipinski definition) is 4. The third kappa shape index (κ3) is 3.04. The molecule has 104 valence electrons. The van der Waals surface area contributed by atoms with E-state index >= 15 is 0 Å². The van der Waals surface area contributed by atoms with Gasteiger partial charge in [-0.1, -0.05) is 0 Å². The Morgan fingerprint density at radius 3 is 2.74 bits per heavy atom. The van der Waals surface area contributed by atoms with E-state index in [1.54, 1.807) is 6.20 Å². The third-order valence-electron chi connectivity index (χ3n) is 3.87. The first-order chi connectivity index (χ1) is 9.13. The minimum Gasteiger partial charge on any atom is -0.365 e. The number of aryl methyl sites for hydroxylation is 1. The van der Waals surface area contributed by atoms with Crippen molar-refractivity contribution in [2.75, 3.05) is 24.5 Å². The Bertz CT molecular complexity index is 453. The van der Waals surface area contributed by atoms with E-state index in [1.807, 2.05) is 13.0 Å². The Kier molecular flexibility index (Phi) is 4.37. The first-order valence-corrected chi connectivity index (χ1v) is 6.84. The third-order valence-corrected chi connectivity index (χ3v) is 3.87. The summed E-state index contributed by atoms with van der Waals surface area (Å²) >= 11 is 0. The van der Waals surface area contributed by atoms with Crippen LogP contribution in [0.3, 0.4) is 0 Å². The molecule has 5 heteroatoms. The minimum absolute atomic E-state index is 0.398. The molecule has 1 aliphatic heterocycles. The number of primary amides is 1. The molecule has 0 bridgehead atoms. The maximum absolute atomic E-state index is 11.6. The summed E-state index contributed by atoms with van der Waals surface area (Å²) in [6, 6.07) is 1.82. The van der Waals surface area contributed by atoms with Gasteiger partial charge in [0.25, 0.3) is 5.91 Å². The average Bonchev–Trinajstić information content (AvgIpc) is 2.39. The highest BCUT2D eigenvalue weighted by atomic mass is 16.1. The number of aromatic nitrogens is 1. The predicted molar refractivity (Wildman–Crippen MR) is 76.1 cm³/mol. The molecule has 0 saturated carbocycles. The van der Waals surface area contributed by atoms with Crippen LogP contribution in [0, 0.1) is 12.8 Å². The molecule has 0 unspecified atom stereocenters. The standard InChI is InChI=1S/C14H22N4O/c1-10-3-7-17-14(12(10)13(16)19)18-8-4-11(2-6-15)5-9-18/h3,7,11H,2,4-6,8-9,15H2,1H3,(H2,16,19). The molecule has 1 fully saturated rings. The summed E-state index contributed by atoms with van der Waals surface area (Å²) < 4.78 is 0. The maximum atomic E-state index is 11.6. The zero-order valence-corrected chi connectivity index (χ0v) is 11.4. The predicted octanol–water partition coefficient (Wildman–Crippen LogP) is 1.05. The monoisotopic (exact) mass is 262 g/mol. The highest BCUT2D eigenvalue weighted by molar-refractivity contribution is 5.99. The molecule has 2 rings (SSSR count). The summed E-state index contributed by atoms with van der Waals surface area (Å²) in [5.74, 6) is 1.03. The van der Waals surface area contributed by atoms with Gasteiger partial charge < -0.3 is 16.4 Å². The minimum atomic E-state index is -0.398. The molecule has 1 aromatic heterocycles. The summed E-state index contributed by atoms with van der Waals surface area (Å²) in [6.07, 6.45) is 5.02. The van der Waals surface area contributed by atoms with Gasteiger partial charge in [-0.05, 0) is 50.3 Å². The fourth-order valence-corrected chi connectivity index (χ4v) is 2.76. The average molecular weight is 262 g/mol. The van der Waals surface area contributed by atoms with Crippen molar-refractivity contribution in [1.29, 1.82) is 0 Å². The van der Waals surface area contributed by atoms with Crippen LogP contribution in [0.2, 0.25) is 0 Å². The van der Waals surface area contributed by atoms with Gasteiger partial charge in [0.2, 0.25) is 0 Å². The highest BCUT2D eigenvalue weighted by Gasteiger charge is 2.23. The molecular weight excluding hydrogens is 240 g/mol. The smallest absolute Gasteiger partial charge is 0.252 e. The van der Waals surface area contributed by atoms with Gasteiger partial charge in [-0.15, -0.1) is 0 Å². The number of carbonyl (C=O) groups is 1. The van der Waals surface area contributed by atoms with Gasteiger partial charge in [-0.25, -0.2) is 4.98 Å². The second-order valence-electron chi connectivity index (χ2n) is 5.20. The Morgan fingerprint density at radius 2 is 2.16 bits per heavy atom. The number of carbonyl (C=O) groups excluding carboxylic acids is 1. The quantitative estimate of drug-likeness (QED) is 0.849. The van der Waals surface area contributed by atoms with Crippen LogP contribution < -0.4 is 16.4 Å². The summed E-state index contributed by atoms with van der Waals surface area (Å²) in [5.41, 5.74) is 12.5. The fourth-order valence-electron chi connectivity index (χ4n) is 2.76. The molecule has 1 aliphatic rings. The molecule has 1 amide bonds. The van der Waals surface area contributed by atoms with E-state index in [0.717, 1.165) is 50.3 Å².